The van der Waals surface area contributed by atoms with E-state index in [4.69, 9.17) is 9.05 Å². The molecule has 0 saturated carbocycles. The summed E-state index contributed by atoms with van der Waals surface area (Å²) < 4.78 is 12.9. The second-order valence-corrected chi connectivity index (χ2v) is 19.5. The average molecular weight is 747 g/mol. The Morgan fingerprint density at radius 2 is 0.636 bits per heavy atom. The minimum Gasteiger partial charge on any atom is -0.441 e. The lowest BCUT2D eigenvalue weighted by atomic mass is 9.73. The van der Waals surface area contributed by atoms with Gasteiger partial charge in [0.25, 0.3) is 9.03 Å². The molecule has 0 aliphatic rings. The third-order valence-electron chi connectivity index (χ3n) is 10.4. The van der Waals surface area contributed by atoms with E-state index in [-0.39, 0.29) is 30.7 Å². The third kappa shape index (κ3) is 8.92. The van der Waals surface area contributed by atoms with Crippen LogP contribution in [0.25, 0.3) is 44.5 Å². The molecule has 0 saturated heterocycles. The van der Waals surface area contributed by atoms with Gasteiger partial charge in [0.15, 0.2) is 0 Å². The highest BCUT2D eigenvalue weighted by Crippen LogP contribution is 2.47. The molecule has 55 heavy (non-hydrogen) atoms. The summed E-state index contributed by atoms with van der Waals surface area (Å²) in [4.78, 5) is 0. The summed E-state index contributed by atoms with van der Waals surface area (Å²) in [5.74, 6) is 1.56. The highest BCUT2D eigenvalue weighted by Gasteiger charge is 2.29. The normalized spacial score (nSPS) is 12.4. The van der Waals surface area contributed by atoms with Crippen molar-refractivity contribution < 1.29 is 9.05 Å². The molecule has 0 aromatic heterocycles. The van der Waals surface area contributed by atoms with Crippen LogP contribution in [0.1, 0.15) is 105 Å². The van der Waals surface area contributed by atoms with E-state index in [1.165, 1.54) is 44.5 Å². The quantitative estimate of drug-likeness (QED) is 0.144. The van der Waals surface area contributed by atoms with E-state index in [1.54, 1.807) is 0 Å². The van der Waals surface area contributed by atoms with Crippen LogP contribution in [0.2, 0.25) is 0 Å². The lowest BCUT2D eigenvalue weighted by Crippen LogP contribution is -2.19. The predicted octanol–water partition coefficient (Wildman–Crippen LogP) is 15.5. The SMILES string of the molecule is CC(C)(C)c1cccc(C(C)(C)C)c1-c1ccc(OPOc2ccc(-c3c(C(C)(C)C)cccc3C(C)(C)C)c(-c3ccccc3)c2)cc1-c1ccccc1. The molecule has 6 aromatic rings. The number of rotatable bonds is 8. The van der Waals surface area contributed by atoms with Crippen LogP contribution in [0.4, 0.5) is 0 Å². The Hall–Kier alpha value is -4.65. The summed E-state index contributed by atoms with van der Waals surface area (Å²) in [6.45, 7) is 27.7. The summed E-state index contributed by atoms with van der Waals surface area (Å²) in [5, 5.41) is 0. The van der Waals surface area contributed by atoms with E-state index < -0.39 is 0 Å². The first-order chi connectivity index (χ1) is 25.8. The zero-order valence-electron chi connectivity index (χ0n) is 35.0. The van der Waals surface area contributed by atoms with Crippen LogP contribution in [-0.2, 0) is 21.7 Å². The largest absolute Gasteiger partial charge is 0.441 e. The van der Waals surface area contributed by atoms with Crippen LogP contribution in [0.15, 0.2) is 133 Å². The van der Waals surface area contributed by atoms with Crippen molar-refractivity contribution in [2.75, 3.05) is 0 Å². The molecular weight excluding hydrogens is 688 g/mol. The van der Waals surface area contributed by atoms with Crippen LogP contribution in [0.5, 0.6) is 11.5 Å². The minimum atomic E-state index is -0.224. The first kappa shape index (κ1) is 40.0. The van der Waals surface area contributed by atoms with Crippen LogP contribution in [-0.4, -0.2) is 0 Å². The minimum absolute atomic E-state index is 0.0355. The van der Waals surface area contributed by atoms with E-state index in [0.29, 0.717) is 0 Å². The molecule has 0 N–H and O–H groups in total. The van der Waals surface area contributed by atoms with E-state index >= 15 is 0 Å². The van der Waals surface area contributed by atoms with Gasteiger partial charge in [0.05, 0.1) is 0 Å². The molecule has 0 radical (unpaired) electrons. The molecule has 0 heterocycles. The van der Waals surface area contributed by atoms with E-state index in [1.807, 2.05) is 0 Å². The summed E-state index contributed by atoms with van der Waals surface area (Å²) in [7, 11) is -0.224. The van der Waals surface area contributed by atoms with Crippen molar-refractivity contribution in [3.63, 3.8) is 0 Å². The predicted molar refractivity (Wildman–Crippen MR) is 239 cm³/mol. The Labute approximate surface area is 333 Å². The van der Waals surface area contributed by atoms with Crippen LogP contribution in [0, 0.1) is 0 Å². The van der Waals surface area contributed by atoms with Crippen LogP contribution < -0.4 is 9.05 Å². The van der Waals surface area contributed by atoms with Gasteiger partial charge in [-0.3, -0.25) is 0 Å². The van der Waals surface area contributed by atoms with Gasteiger partial charge < -0.3 is 9.05 Å². The Bertz CT molecular complexity index is 2030. The van der Waals surface area contributed by atoms with Crippen molar-refractivity contribution >= 4 is 9.03 Å². The summed E-state index contributed by atoms with van der Waals surface area (Å²) in [6, 6.07) is 48.0. The zero-order chi connectivity index (χ0) is 39.8. The molecule has 0 bridgehead atoms. The Morgan fingerprint density at radius 1 is 0.327 bits per heavy atom. The van der Waals surface area contributed by atoms with Gasteiger partial charge >= 0.3 is 0 Å². The second kappa shape index (κ2) is 15.5. The van der Waals surface area contributed by atoms with Crippen molar-refractivity contribution in [2.45, 2.75) is 105 Å². The summed E-state index contributed by atoms with van der Waals surface area (Å²) in [5.41, 5.74) is 14.9. The molecule has 0 unspecified atom stereocenters. The lowest BCUT2D eigenvalue weighted by Gasteiger charge is -2.31. The third-order valence-corrected chi connectivity index (χ3v) is 11.0. The van der Waals surface area contributed by atoms with Crippen molar-refractivity contribution in [2.24, 2.45) is 0 Å². The molecule has 2 nitrogen and oxygen atoms in total. The van der Waals surface area contributed by atoms with Crippen molar-refractivity contribution in [1.82, 2.24) is 0 Å². The maximum absolute atomic E-state index is 6.45. The molecule has 0 atom stereocenters. The van der Waals surface area contributed by atoms with Gasteiger partial charge in [0.2, 0.25) is 0 Å². The molecule has 0 spiro atoms. The number of hydrogen-bond acceptors (Lipinski definition) is 2. The fourth-order valence-corrected chi connectivity index (χ4v) is 8.11. The van der Waals surface area contributed by atoms with Crippen molar-refractivity contribution in [3.8, 4) is 56.0 Å². The number of hydrogen-bond donors (Lipinski definition) is 0. The second-order valence-electron chi connectivity index (χ2n) is 18.9. The fraction of sp³-hybridized carbons (Fsp3) is 0.308. The van der Waals surface area contributed by atoms with Gasteiger partial charge in [0.1, 0.15) is 11.5 Å². The van der Waals surface area contributed by atoms with Crippen molar-refractivity contribution in [3.05, 3.63) is 156 Å². The van der Waals surface area contributed by atoms with Crippen molar-refractivity contribution in [1.29, 1.82) is 0 Å². The van der Waals surface area contributed by atoms with Gasteiger partial charge in [-0.2, -0.15) is 0 Å². The van der Waals surface area contributed by atoms with Gasteiger partial charge in [-0.1, -0.05) is 192 Å². The lowest BCUT2D eigenvalue weighted by molar-refractivity contribution is 0.516. The van der Waals surface area contributed by atoms with Gasteiger partial charge in [-0.15, -0.1) is 0 Å². The first-order valence-electron chi connectivity index (χ1n) is 19.6. The van der Waals surface area contributed by atoms with E-state index in [9.17, 15) is 0 Å². The monoisotopic (exact) mass is 746 g/mol. The van der Waals surface area contributed by atoms with Crippen LogP contribution in [0.3, 0.4) is 0 Å². The summed E-state index contributed by atoms with van der Waals surface area (Å²) >= 11 is 0. The standard InChI is InChI=1S/C52H59O2P/c1-49(2,3)43-25-19-26-44(50(4,5)6)47(43)39-31-29-37(33-41(39)35-21-15-13-16-22-35)53-55-54-38-30-32-40(42(34-38)36-23-17-14-18-24-36)48-45(51(7,8)9)27-20-28-46(48)52(10,11)12/h13-34,55H,1-12H3. The maximum atomic E-state index is 6.45. The first-order valence-corrected chi connectivity index (χ1v) is 20.4. The topological polar surface area (TPSA) is 18.5 Å². The summed E-state index contributed by atoms with van der Waals surface area (Å²) in [6.07, 6.45) is 0. The molecule has 0 amide bonds. The highest BCUT2D eigenvalue weighted by molar-refractivity contribution is 7.27. The molecular formula is C52H59O2P. The molecule has 0 aliphatic heterocycles. The number of benzene rings is 6. The molecule has 6 aromatic carbocycles. The van der Waals surface area contributed by atoms with Gasteiger partial charge in [-0.05, 0) is 113 Å². The molecule has 3 heteroatoms. The Balaban J connectivity index is 1.39. The Kier molecular flexibility index (Phi) is 11.3. The molecule has 0 aliphatic carbocycles. The van der Waals surface area contributed by atoms with Crippen LogP contribution >= 0.6 is 9.03 Å². The fourth-order valence-electron chi connectivity index (χ4n) is 7.62. The zero-order valence-corrected chi connectivity index (χ0v) is 36.0. The van der Waals surface area contributed by atoms with E-state index in [2.05, 4.69) is 217 Å². The van der Waals surface area contributed by atoms with E-state index in [0.717, 1.165) is 33.8 Å². The average Bonchev–Trinajstić information content (AvgIpc) is 3.13. The Morgan fingerprint density at radius 3 is 0.927 bits per heavy atom. The molecule has 284 valence electrons. The van der Waals surface area contributed by atoms with Gasteiger partial charge in [0, 0.05) is 0 Å². The van der Waals surface area contributed by atoms with Gasteiger partial charge in [-0.25, -0.2) is 0 Å². The maximum Gasteiger partial charge on any atom is 0.275 e. The molecule has 0 fully saturated rings. The highest BCUT2D eigenvalue weighted by atomic mass is 31.1. The molecule has 6 rings (SSSR count). The smallest absolute Gasteiger partial charge is 0.275 e.